The molecule has 0 spiro atoms. The summed E-state index contributed by atoms with van der Waals surface area (Å²) in [4.78, 5) is 49.3. The van der Waals surface area contributed by atoms with Gasteiger partial charge in [-0.1, -0.05) is 6.07 Å². The lowest BCUT2D eigenvalue weighted by atomic mass is 9.88. The fourth-order valence-corrected chi connectivity index (χ4v) is 3.46. The minimum absolute atomic E-state index is 0.142. The molecule has 11 heteroatoms. The molecule has 2 aliphatic rings. The molecule has 2 unspecified atom stereocenters. The lowest BCUT2D eigenvalue weighted by Crippen LogP contribution is -2.49. The van der Waals surface area contributed by atoms with Crippen molar-refractivity contribution >= 4 is 23.8 Å². The van der Waals surface area contributed by atoms with Crippen LogP contribution in [-0.2, 0) is 25.5 Å². The number of aliphatic carboxylic acids is 1. The summed E-state index contributed by atoms with van der Waals surface area (Å²) in [7, 11) is 0. The molecule has 174 valence electrons. The highest BCUT2D eigenvalue weighted by Gasteiger charge is 2.45. The number of alkyl carbamates (subject to hydrolysis) is 1. The Balaban J connectivity index is 1.46. The van der Waals surface area contributed by atoms with Gasteiger partial charge < -0.3 is 34.6 Å². The number of nitrogens with zero attached hydrogens (tertiary/aromatic N) is 1. The molecule has 2 amide bonds. The van der Waals surface area contributed by atoms with Crippen molar-refractivity contribution in [3.05, 3.63) is 23.8 Å². The molecule has 2 heterocycles. The summed E-state index contributed by atoms with van der Waals surface area (Å²) >= 11 is 0. The number of aliphatic hydroxyl groups is 1. The van der Waals surface area contributed by atoms with Crippen LogP contribution in [0.3, 0.4) is 0 Å². The molecule has 3 rings (SSSR count). The number of carbonyl (C=O) groups is 4. The third-order valence-electron chi connectivity index (χ3n) is 5.32. The van der Waals surface area contributed by atoms with Gasteiger partial charge in [0.05, 0.1) is 11.5 Å². The molecule has 0 radical (unpaired) electrons. The number of rotatable bonds is 8. The molecule has 1 aromatic carbocycles. The average Bonchev–Trinajstić information content (AvgIpc) is 3.37. The van der Waals surface area contributed by atoms with Crippen LogP contribution in [0.25, 0.3) is 0 Å². The van der Waals surface area contributed by atoms with Crippen molar-refractivity contribution in [3.63, 3.8) is 0 Å². The Hall–Kier alpha value is -3.34. The van der Waals surface area contributed by atoms with Gasteiger partial charge in [-0.25, -0.2) is 9.59 Å². The van der Waals surface area contributed by atoms with E-state index in [9.17, 15) is 29.4 Å². The number of carboxylic acids is 1. The van der Waals surface area contributed by atoms with E-state index >= 15 is 0 Å². The Kier molecular flexibility index (Phi) is 6.87. The largest absolute Gasteiger partial charge is 0.480 e. The van der Waals surface area contributed by atoms with E-state index in [0.29, 0.717) is 17.9 Å². The lowest BCUT2D eigenvalue weighted by molar-refractivity contribution is -0.155. The molecule has 2 aliphatic heterocycles. The monoisotopic (exact) mass is 450 g/mol. The molecule has 0 aliphatic carbocycles. The van der Waals surface area contributed by atoms with Gasteiger partial charge in [0, 0.05) is 19.5 Å². The van der Waals surface area contributed by atoms with E-state index in [1.54, 1.807) is 6.07 Å². The van der Waals surface area contributed by atoms with Crippen LogP contribution in [-0.4, -0.2) is 77.5 Å². The number of carbonyl (C=O) groups excluding carboxylic acids is 3. The SMILES string of the molecule is CC(C)(COC(=O)NCCc1ccc2c(c1)OCO2)C(=O)C(=O)N1CC(O)CC1C(=O)O. The Labute approximate surface area is 184 Å². The van der Waals surface area contributed by atoms with Gasteiger partial charge in [0.25, 0.3) is 5.91 Å². The zero-order valence-electron chi connectivity index (χ0n) is 17.8. The summed E-state index contributed by atoms with van der Waals surface area (Å²) in [5.41, 5.74) is -0.445. The van der Waals surface area contributed by atoms with Crippen molar-refractivity contribution in [2.24, 2.45) is 5.41 Å². The van der Waals surface area contributed by atoms with Gasteiger partial charge in [-0.3, -0.25) is 9.59 Å². The second kappa shape index (κ2) is 9.43. The van der Waals surface area contributed by atoms with E-state index in [1.807, 2.05) is 12.1 Å². The van der Waals surface area contributed by atoms with Crippen molar-refractivity contribution in [2.45, 2.75) is 38.8 Å². The van der Waals surface area contributed by atoms with Crippen molar-refractivity contribution in [1.29, 1.82) is 0 Å². The number of hydrogen-bond acceptors (Lipinski definition) is 8. The Bertz CT molecular complexity index is 915. The van der Waals surface area contributed by atoms with Gasteiger partial charge in [0.2, 0.25) is 12.6 Å². The van der Waals surface area contributed by atoms with Crippen molar-refractivity contribution in [3.8, 4) is 11.5 Å². The summed E-state index contributed by atoms with van der Waals surface area (Å²) < 4.78 is 15.6. The molecule has 0 bridgehead atoms. The second-order valence-electron chi connectivity index (χ2n) is 8.35. The maximum Gasteiger partial charge on any atom is 0.407 e. The molecule has 1 saturated heterocycles. The number of Topliss-reactive ketones (excluding diaryl/α,β-unsaturated/α-hetero) is 1. The van der Waals surface area contributed by atoms with Crippen LogP contribution in [0, 0.1) is 5.41 Å². The first kappa shape index (κ1) is 23.3. The third kappa shape index (κ3) is 5.28. The Morgan fingerprint density at radius 1 is 1.22 bits per heavy atom. The molecule has 2 atom stereocenters. The summed E-state index contributed by atoms with van der Waals surface area (Å²) in [5.74, 6) is -1.90. The highest BCUT2D eigenvalue weighted by atomic mass is 16.7. The van der Waals surface area contributed by atoms with Crippen LogP contribution < -0.4 is 14.8 Å². The van der Waals surface area contributed by atoms with E-state index in [-0.39, 0.29) is 32.9 Å². The number of fused-ring (bicyclic) bond motifs is 1. The number of ketones is 1. The molecule has 1 fully saturated rings. The van der Waals surface area contributed by atoms with Crippen molar-refractivity contribution in [2.75, 3.05) is 26.5 Å². The fourth-order valence-electron chi connectivity index (χ4n) is 3.46. The third-order valence-corrected chi connectivity index (χ3v) is 5.32. The number of benzene rings is 1. The van der Waals surface area contributed by atoms with Crippen LogP contribution in [0.15, 0.2) is 18.2 Å². The summed E-state index contributed by atoms with van der Waals surface area (Å²) in [5, 5.41) is 21.5. The van der Waals surface area contributed by atoms with E-state index in [2.05, 4.69) is 5.32 Å². The van der Waals surface area contributed by atoms with Crippen LogP contribution in [0.1, 0.15) is 25.8 Å². The minimum atomic E-state index is -1.37. The molecule has 0 saturated carbocycles. The topological polar surface area (TPSA) is 152 Å². The van der Waals surface area contributed by atoms with E-state index in [1.165, 1.54) is 13.8 Å². The number of likely N-dealkylation sites (tertiary alicyclic amines) is 1. The summed E-state index contributed by atoms with van der Waals surface area (Å²) in [6, 6.07) is 4.20. The highest BCUT2D eigenvalue weighted by Crippen LogP contribution is 2.32. The second-order valence-corrected chi connectivity index (χ2v) is 8.35. The number of hydrogen-bond donors (Lipinski definition) is 3. The molecule has 11 nitrogen and oxygen atoms in total. The van der Waals surface area contributed by atoms with Crippen LogP contribution in [0.2, 0.25) is 0 Å². The lowest BCUT2D eigenvalue weighted by Gasteiger charge is -2.26. The van der Waals surface area contributed by atoms with Crippen LogP contribution >= 0.6 is 0 Å². The predicted molar refractivity (Wildman–Crippen MR) is 108 cm³/mol. The van der Waals surface area contributed by atoms with Gasteiger partial charge in [-0.2, -0.15) is 0 Å². The van der Waals surface area contributed by atoms with Gasteiger partial charge >= 0.3 is 12.1 Å². The summed E-state index contributed by atoms with van der Waals surface area (Å²) in [6.07, 6.45) is -1.39. The fraction of sp³-hybridized carbons (Fsp3) is 0.524. The van der Waals surface area contributed by atoms with Gasteiger partial charge in [0.1, 0.15) is 12.6 Å². The Morgan fingerprint density at radius 3 is 2.66 bits per heavy atom. The van der Waals surface area contributed by atoms with Crippen LogP contribution in [0.5, 0.6) is 11.5 Å². The number of β-amino-alcohol motifs (C(OH)–C–C–N with tert-alkyl or cyclic N) is 1. The smallest absolute Gasteiger partial charge is 0.407 e. The van der Waals surface area contributed by atoms with Gasteiger partial charge in [-0.15, -0.1) is 0 Å². The van der Waals surface area contributed by atoms with Gasteiger partial charge in [0.15, 0.2) is 11.5 Å². The molecule has 0 aromatic heterocycles. The highest BCUT2D eigenvalue weighted by molar-refractivity contribution is 6.38. The normalized spacial score (nSPS) is 19.5. The van der Waals surface area contributed by atoms with Crippen LogP contribution in [0.4, 0.5) is 4.79 Å². The summed E-state index contributed by atoms with van der Waals surface area (Å²) in [6.45, 7) is 2.69. The number of ether oxygens (including phenoxy) is 3. The molecular weight excluding hydrogens is 424 g/mol. The maximum absolute atomic E-state index is 12.6. The number of carboxylic acid groups (broad SMARTS) is 1. The van der Waals surface area contributed by atoms with Crippen molar-refractivity contribution < 1.29 is 43.6 Å². The molecule has 32 heavy (non-hydrogen) atoms. The zero-order valence-corrected chi connectivity index (χ0v) is 17.8. The quantitative estimate of drug-likeness (QED) is 0.476. The van der Waals surface area contributed by atoms with E-state index in [4.69, 9.17) is 14.2 Å². The van der Waals surface area contributed by atoms with Crippen molar-refractivity contribution in [1.82, 2.24) is 10.2 Å². The predicted octanol–water partition coefficient (Wildman–Crippen LogP) is 0.326. The first-order valence-electron chi connectivity index (χ1n) is 10.1. The molecule has 3 N–H and O–H groups in total. The Morgan fingerprint density at radius 2 is 1.94 bits per heavy atom. The number of nitrogens with one attached hydrogen (secondary N) is 1. The minimum Gasteiger partial charge on any atom is -0.480 e. The average molecular weight is 450 g/mol. The number of amides is 2. The standard InChI is InChI=1S/C21H26N2O9/c1-21(2,17(25)18(26)23-9-13(24)8-14(23)19(27)28)10-30-20(29)22-6-5-12-3-4-15-16(7-12)32-11-31-15/h3-4,7,13-14,24H,5-6,8-11H2,1-2H3,(H,22,29)(H,27,28). The maximum atomic E-state index is 12.6. The van der Waals surface area contributed by atoms with E-state index in [0.717, 1.165) is 10.5 Å². The molecular formula is C21H26N2O9. The van der Waals surface area contributed by atoms with Gasteiger partial charge in [-0.05, 0) is 38.0 Å². The van der Waals surface area contributed by atoms with E-state index < -0.39 is 41.3 Å². The first-order chi connectivity index (χ1) is 15.1. The zero-order chi connectivity index (χ0) is 23.5. The first-order valence-corrected chi connectivity index (χ1v) is 10.1. The number of aliphatic hydroxyl groups excluding tert-OH is 1. The molecule has 1 aromatic rings.